The first-order valence-corrected chi connectivity index (χ1v) is 8.98. The largest absolute Gasteiger partial charge is 0.469 e. The number of furan rings is 1. The lowest BCUT2D eigenvalue weighted by Gasteiger charge is -2.24. The Hall–Kier alpha value is -1.19. The quantitative estimate of drug-likeness (QED) is 0.862. The Morgan fingerprint density at radius 1 is 1.10 bits per heavy atom. The highest BCUT2D eigenvalue weighted by Crippen LogP contribution is 2.28. The molecular weight excluding hydrogens is 278 g/mol. The van der Waals surface area contributed by atoms with Gasteiger partial charge < -0.3 is 9.73 Å². The maximum Gasteiger partial charge on any atom is 0.111 e. The van der Waals surface area contributed by atoms with Crippen molar-refractivity contribution in [1.82, 2.24) is 5.32 Å². The van der Waals surface area contributed by atoms with Gasteiger partial charge in [0.1, 0.15) is 5.76 Å². The molecule has 0 unspecified atom stereocenters. The van der Waals surface area contributed by atoms with Crippen LogP contribution in [0.3, 0.4) is 0 Å². The summed E-state index contributed by atoms with van der Waals surface area (Å²) >= 11 is 2.08. The highest BCUT2D eigenvalue weighted by atomic mass is 32.2. The molecule has 21 heavy (non-hydrogen) atoms. The van der Waals surface area contributed by atoms with Crippen LogP contribution in [0.25, 0.3) is 0 Å². The van der Waals surface area contributed by atoms with E-state index in [0.717, 1.165) is 18.7 Å². The Balaban J connectivity index is 1.60. The zero-order valence-electron chi connectivity index (χ0n) is 12.3. The van der Waals surface area contributed by atoms with E-state index in [1.807, 2.05) is 6.07 Å². The summed E-state index contributed by atoms with van der Waals surface area (Å²) < 4.78 is 5.66. The van der Waals surface area contributed by atoms with E-state index < -0.39 is 0 Å². The first-order chi connectivity index (χ1) is 10.4. The van der Waals surface area contributed by atoms with Gasteiger partial charge >= 0.3 is 0 Å². The van der Waals surface area contributed by atoms with Crippen molar-refractivity contribution in [2.45, 2.75) is 31.2 Å². The second-order valence-corrected chi connectivity index (χ2v) is 6.83. The van der Waals surface area contributed by atoms with Crippen LogP contribution in [0.4, 0.5) is 0 Å². The summed E-state index contributed by atoms with van der Waals surface area (Å²) in [6.45, 7) is 1.05. The molecule has 2 heterocycles. The Morgan fingerprint density at radius 2 is 1.90 bits per heavy atom. The molecule has 0 bridgehead atoms. The van der Waals surface area contributed by atoms with Gasteiger partial charge in [0, 0.05) is 12.0 Å². The minimum atomic E-state index is 0.353. The Kier molecular flexibility index (Phi) is 5.41. The number of nitrogens with one attached hydrogen (secondary N) is 1. The molecule has 1 saturated heterocycles. The van der Waals surface area contributed by atoms with Crippen LogP contribution in [0.15, 0.2) is 53.1 Å². The van der Waals surface area contributed by atoms with Gasteiger partial charge in [-0.1, -0.05) is 30.3 Å². The SMILES string of the molecule is c1ccc([C@@H](CCNC2CCSCC2)c2ccco2)cc1. The molecule has 0 saturated carbocycles. The van der Waals surface area contributed by atoms with E-state index in [9.17, 15) is 0 Å². The van der Waals surface area contributed by atoms with Crippen molar-refractivity contribution in [2.75, 3.05) is 18.1 Å². The van der Waals surface area contributed by atoms with Crippen LogP contribution >= 0.6 is 11.8 Å². The molecule has 112 valence electrons. The van der Waals surface area contributed by atoms with Gasteiger partial charge in [-0.15, -0.1) is 0 Å². The minimum Gasteiger partial charge on any atom is -0.469 e. The summed E-state index contributed by atoms with van der Waals surface area (Å²) in [5.74, 6) is 4.03. The molecule has 0 aliphatic carbocycles. The lowest BCUT2D eigenvalue weighted by Crippen LogP contribution is -2.33. The third-order valence-corrected chi connectivity index (χ3v) is 5.22. The predicted molar refractivity (Wildman–Crippen MR) is 90.0 cm³/mol. The van der Waals surface area contributed by atoms with Gasteiger partial charge in [0.2, 0.25) is 0 Å². The second kappa shape index (κ2) is 7.71. The number of hydrogen-bond acceptors (Lipinski definition) is 3. The summed E-state index contributed by atoms with van der Waals surface area (Å²) in [5.41, 5.74) is 1.34. The number of hydrogen-bond donors (Lipinski definition) is 1. The van der Waals surface area contributed by atoms with E-state index in [0.29, 0.717) is 12.0 Å². The minimum absolute atomic E-state index is 0.353. The topological polar surface area (TPSA) is 25.2 Å². The van der Waals surface area contributed by atoms with Gasteiger partial charge in [-0.05, 0) is 55.0 Å². The van der Waals surface area contributed by atoms with E-state index in [-0.39, 0.29) is 0 Å². The molecule has 1 aliphatic heterocycles. The fourth-order valence-electron chi connectivity index (χ4n) is 2.98. The standard InChI is InChI=1S/C18H23NOS/c1-2-5-15(6-3-1)17(18-7-4-12-20-18)8-11-19-16-9-13-21-14-10-16/h1-7,12,16-17,19H,8-11,13-14H2/t17-/m1/s1. The van der Waals surface area contributed by atoms with Crippen molar-refractivity contribution in [2.24, 2.45) is 0 Å². The Morgan fingerprint density at radius 3 is 2.62 bits per heavy atom. The zero-order valence-corrected chi connectivity index (χ0v) is 13.1. The predicted octanol–water partition coefficient (Wildman–Crippen LogP) is 4.29. The molecule has 1 N–H and O–H groups in total. The van der Waals surface area contributed by atoms with Gasteiger partial charge in [0.15, 0.2) is 0 Å². The average Bonchev–Trinajstić information content (AvgIpc) is 3.07. The summed E-state index contributed by atoms with van der Waals surface area (Å²) in [7, 11) is 0. The maximum absolute atomic E-state index is 5.66. The smallest absolute Gasteiger partial charge is 0.111 e. The average molecular weight is 301 g/mol. The molecule has 0 amide bonds. The molecule has 1 fully saturated rings. The summed E-state index contributed by atoms with van der Waals surface area (Å²) in [6, 6.07) is 15.5. The number of rotatable bonds is 6. The van der Waals surface area contributed by atoms with E-state index in [2.05, 4.69) is 53.5 Å². The molecule has 2 aromatic rings. The van der Waals surface area contributed by atoms with Crippen LogP contribution < -0.4 is 5.32 Å². The molecule has 0 spiro atoms. The summed E-state index contributed by atoms with van der Waals surface area (Å²) in [6.07, 6.45) is 5.47. The molecule has 1 aliphatic rings. The lowest BCUT2D eigenvalue weighted by atomic mass is 9.93. The van der Waals surface area contributed by atoms with Crippen molar-refractivity contribution in [1.29, 1.82) is 0 Å². The summed E-state index contributed by atoms with van der Waals surface area (Å²) in [5, 5.41) is 3.73. The fourth-order valence-corrected chi connectivity index (χ4v) is 4.09. The molecular formula is C18H23NOS. The molecule has 3 heteroatoms. The van der Waals surface area contributed by atoms with Crippen molar-refractivity contribution in [3.63, 3.8) is 0 Å². The van der Waals surface area contributed by atoms with Crippen molar-refractivity contribution in [3.05, 3.63) is 60.1 Å². The normalized spacial score (nSPS) is 17.7. The van der Waals surface area contributed by atoms with Crippen LogP contribution in [0, 0.1) is 0 Å². The lowest BCUT2D eigenvalue weighted by molar-refractivity contribution is 0.437. The number of benzene rings is 1. The van der Waals surface area contributed by atoms with Gasteiger partial charge in [-0.25, -0.2) is 0 Å². The second-order valence-electron chi connectivity index (χ2n) is 5.61. The fraction of sp³-hybridized carbons (Fsp3) is 0.444. The number of thioether (sulfide) groups is 1. The molecule has 1 aromatic carbocycles. The highest BCUT2D eigenvalue weighted by Gasteiger charge is 2.18. The van der Waals surface area contributed by atoms with E-state index in [1.165, 1.54) is 29.9 Å². The van der Waals surface area contributed by atoms with Gasteiger partial charge in [-0.3, -0.25) is 0 Å². The molecule has 2 nitrogen and oxygen atoms in total. The zero-order chi connectivity index (χ0) is 14.3. The molecule has 1 atom stereocenters. The van der Waals surface area contributed by atoms with Crippen molar-refractivity contribution in [3.8, 4) is 0 Å². The van der Waals surface area contributed by atoms with Crippen molar-refractivity contribution >= 4 is 11.8 Å². The Bertz CT molecular complexity index is 505. The first kappa shape index (κ1) is 14.7. The van der Waals surface area contributed by atoms with Gasteiger partial charge in [0.05, 0.1) is 6.26 Å². The third-order valence-electron chi connectivity index (χ3n) is 4.18. The third kappa shape index (κ3) is 4.14. The maximum atomic E-state index is 5.66. The highest BCUT2D eigenvalue weighted by molar-refractivity contribution is 7.99. The summed E-state index contributed by atoms with van der Waals surface area (Å²) in [4.78, 5) is 0. The van der Waals surface area contributed by atoms with E-state index in [4.69, 9.17) is 4.42 Å². The molecule has 1 aromatic heterocycles. The van der Waals surface area contributed by atoms with Crippen LogP contribution in [0.2, 0.25) is 0 Å². The monoisotopic (exact) mass is 301 g/mol. The van der Waals surface area contributed by atoms with Crippen LogP contribution in [0.5, 0.6) is 0 Å². The van der Waals surface area contributed by atoms with Crippen molar-refractivity contribution < 1.29 is 4.42 Å². The van der Waals surface area contributed by atoms with Crippen LogP contribution in [-0.2, 0) is 0 Å². The van der Waals surface area contributed by atoms with Gasteiger partial charge in [-0.2, -0.15) is 11.8 Å². The van der Waals surface area contributed by atoms with E-state index in [1.54, 1.807) is 6.26 Å². The molecule has 3 rings (SSSR count). The Labute approximate surface area is 131 Å². The molecule has 0 radical (unpaired) electrons. The van der Waals surface area contributed by atoms with Crippen LogP contribution in [-0.4, -0.2) is 24.1 Å². The van der Waals surface area contributed by atoms with Gasteiger partial charge in [0.25, 0.3) is 0 Å². The first-order valence-electron chi connectivity index (χ1n) is 7.83. The van der Waals surface area contributed by atoms with E-state index >= 15 is 0 Å². The van der Waals surface area contributed by atoms with Crippen LogP contribution in [0.1, 0.15) is 36.5 Å².